The van der Waals surface area contributed by atoms with E-state index in [2.05, 4.69) is 10.3 Å². The average molecular weight is 398 g/mol. The van der Waals surface area contributed by atoms with Crippen molar-refractivity contribution in [2.24, 2.45) is 0 Å². The fraction of sp³-hybridized carbons (Fsp3) is 0.238. The molecule has 0 unspecified atom stereocenters. The Hall–Kier alpha value is -3.06. The highest BCUT2D eigenvalue weighted by atomic mass is 32.1. The third-order valence-electron chi connectivity index (χ3n) is 4.06. The molecule has 28 heavy (non-hydrogen) atoms. The van der Waals surface area contributed by atoms with Crippen molar-refractivity contribution in [1.82, 2.24) is 4.98 Å². The van der Waals surface area contributed by atoms with Crippen molar-refractivity contribution in [2.75, 3.05) is 26.1 Å². The Balaban J connectivity index is 1.79. The number of anilines is 1. The minimum absolute atomic E-state index is 0.209. The molecule has 0 bridgehead atoms. The van der Waals surface area contributed by atoms with Gasteiger partial charge in [-0.2, -0.15) is 0 Å². The van der Waals surface area contributed by atoms with Gasteiger partial charge in [0.1, 0.15) is 15.6 Å². The number of amides is 1. The number of hydrogen-bond acceptors (Lipinski definition) is 6. The second kappa shape index (κ2) is 8.75. The average Bonchev–Trinajstić information content (AvgIpc) is 3.10. The first-order valence-corrected chi connectivity index (χ1v) is 9.61. The number of aryl methyl sites for hydroxylation is 1. The second-order valence-corrected chi connectivity index (χ2v) is 6.91. The lowest BCUT2D eigenvalue weighted by atomic mass is 10.2. The molecule has 146 valence electrons. The predicted octanol–water partition coefficient (Wildman–Crippen LogP) is 4.79. The quantitative estimate of drug-likeness (QED) is 0.620. The number of aromatic nitrogens is 1. The molecule has 0 aliphatic heterocycles. The molecule has 2 aromatic carbocycles. The zero-order valence-corrected chi connectivity index (χ0v) is 17.1. The van der Waals surface area contributed by atoms with Gasteiger partial charge in [0.05, 0.1) is 26.5 Å². The van der Waals surface area contributed by atoms with E-state index >= 15 is 0 Å². The van der Waals surface area contributed by atoms with Crippen LogP contribution in [0.2, 0.25) is 0 Å². The van der Waals surface area contributed by atoms with Crippen LogP contribution < -0.4 is 19.5 Å². The predicted molar refractivity (Wildman–Crippen MR) is 111 cm³/mol. The first-order chi connectivity index (χ1) is 13.5. The SMILES string of the molecule is CCOc1ccc(-c2nc(C)c(C(=O)Nc3ccc(OC)c(OC)c3)s2)cc1. The molecular formula is C21H22N2O4S. The third-order valence-corrected chi connectivity index (χ3v) is 5.26. The van der Waals surface area contributed by atoms with Crippen LogP contribution in [0.3, 0.4) is 0 Å². The number of carbonyl (C=O) groups is 1. The van der Waals surface area contributed by atoms with E-state index in [-0.39, 0.29) is 5.91 Å². The van der Waals surface area contributed by atoms with E-state index in [1.165, 1.54) is 11.3 Å². The summed E-state index contributed by atoms with van der Waals surface area (Å²) in [6.45, 7) is 4.40. The summed E-state index contributed by atoms with van der Waals surface area (Å²) >= 11 is 1.36. The number of thiazole rings is 1. The van der Waals surface area contributed by atoms with E-state index in [0.717, 1.165) is 16.3 Å². The molecule has 3 aromatic rings. The number of nitrogens with zero attached hydrogens (tertiary/aromatic N) is 1. The number of carbonyl (C=O) groups excluding carboxylic acids is 1. The van der Waals surface area contributed by atoms with Crippen LogP contribution in [-0.2, 0) is 0 Å². The van der Waals surface area contributed by atoms with Gasteiger partial charge in [-0.05, 0) is 50.2 Å². The lowest BCUT2D eigenvalue weighted by Gasteiger charge is -2.10. The molecule has 7 heteroatoms. The first-order valence-electron chi connectivity index (χ1n) is 8.79. The van der Waals surface area contributed by atoms with Gasteiger partial charge in [-0.15, -0.1) is 11.3 Å². The number of benzene rings is 2. The molecular weight excluding hydrogens is 376 g/mol. The molecule has 6 nitrogen and oxygen atoms in total. The number of nitrogens with one attached hydrogen (secondary N) is 1. The van der Waals surface area contributed by atoms with E-state index in [0.29, 0.717) is 34.4 Å². The Kier molecular flexibility index (Phi) is 6.16. The molecule has 3 rings (SSSR count). The molecule has 1 N–H and O–H groups in total. The minimum Gasteiger partial charge on any atom is -0.494 e. The molecule has 0 atom stereocenters. The summed E-state index contributed by atoms with van der Waals surface area (Å²) in [6.07, 6.45) is 0. The van der Waals surface area contributed by atoms with Gasteiger partial charge >= 0.3 is 0 Å². The van der Waals surface area contributed by atoms with Crippen molar-refractivity contribution in [1.29, 1.82) is 0 Å². The molecule has 0 aliphatic carbocycles. The summed E-state index contributed by atoms with van der Waals surface area (Å²) < 4.78 is 16.0. The summed E-state index contributed by atoms with van der Waals surface area (Å²) in [4.78, 5) is 17.9. The maximum atomic E-state index is 12.7. The van der Waals surface area contributed by atoms with Gasteiger partial charge in [-0.3, -0.25) is 4.79 Å². The Bertz CT molecular complexity index is 967. The molecule has 0 saturated heterocycles. The Labute approximate surface area is 168 Å². The van der Waals surface area contributed by atoms with Gasteiger partial charge in [-0.1, -0.05) is 0 Å². The smallest absolute Gasteiger partial charge is 0.267 e. The van der Waals surface area contributed by atoms with E-state index in [1.807, 2.05) is 38.1 Å². The van der Waals surface area contributed by atoms with E-state index in [1.54, 1.807) is 32.4 Å². The fourth-order valence-electron chi connectivity index (χ4n) is 2.69. The molecule has 0 radical (unpaired) electrons. The van der Waals surface area contributed by atoms with Crippen LogP contribution in [-0.4, -0.2) is 31.7 Å². The van der Waals surface area contributed by atoms with Crippen molar-refractivity contribution < 1.29 is 19.0 Å². The van der Waals surface area contributed by atoms with Gasteiger partial charge in [0.15, 0.2) is 11.5 Å². The highest BCUT2D eigenvalue weighted by Crippen LogP contribution is 2.32. The highest BCUT2D eigenvalue weighted by Gasteiger charge is 2.17. The van der Waals surface area contributed by atoms with Crippen molar-refractivity contribution in [3.05, 3.63) is 53.0 Å². The molecule has 0 fully saturated rings. The Morgan fingerprint density at radius 3 is 2.43 bits per heavy atom. The van der Waals surface area contributed by atoms with Crippen LogP contribution in [0, 0.1) is 6.92 Å². The van der Waals surface area contributed by atoms with Crippen LogP contribution in [0.4, 0.5) is 5.69 Å². The summed E-state index contributed by atoms with van der Waals surface area (Å²) in [6, 6.07) is 12.9. The molecule has 0 saturated carbocycles. The van der Waals surface area contributed by atoms with Crippen LogP contribution in [0.25, 0.3) is 10.6 Å². The fourth-order valence-corrected chi connectivity index (χ4v) is 3.66. The van der Waals surface area contributed by atoms with Crippen LogP contribution in [0.1, 0.15) is 22.3 Å². The summed E-state index contributed by atoms with van der Waals surface area (Å²) in [5, 5.41) is 3.68. The van der Waals surface area contributed by atoms with Crippen molar-refractivity contribution in [3.8, 4) is 27.8 Å². The lowest BCUT2D eigenvalue weighted by Crippen LogP contribution is -2.11. The topological polar surface area (TPSA) is 69.7 Å². The Morgan fingerprint density at radius 2 is 1.79 bits per heavy atom. The molecule has 1 amide bonds. The van der Waals surface area contributed by atoms with Crippen molar-refractivity contribution >= 4 is 22.9 Å². The van der Waals surface area contributed by atoms with E-state index in [4.69, 9.17) is 14.2 Å². The normalized spacial score (nSPS) is 10.4. The summed E-state index contributed by atoms with van der Waals surface area (Å²) in [7, 11) is 3.12. The molecule has 0 spiro atoms. The maximum Gasteiger partial charge on any atom is 0.267 e. The lowest BCUT2D eigenvalue weighted by molar-refractivity contribution is 0.103. The largest absolute Gasteiger partial charge is 0.494 e. The monoisotopic (exact) mass is 398 g/mol. The summed E-state index contributed by atoms with van der Waals surface area (Å²) in [5.41, 5.74) is 2.26. The minimum atomic E-state index is -0.209. The highest BCUT2D eigenvalue weighted by molar-refractivity contribution is 7.17. The van der Waals surface area contributed by atoms with E-state index in [9.17, 15) is 4.79 Å². The van der Waals surface area contributed by atoms with Gasteiger partial charge in [0.2, 0.25) is 0 Å². The van der Waals surface area contributed by atoms with Gasteiger partial charge < -0.3 is 19.5 Å². The second-order valence-electron chi connectivity index (χ2n) is 5.91. The zero-order chi connectivity index (χ0) is 20.1. The zero-order valence-electron chi connectivity index (χ0n) is 16.2. The van der Waals surface area contributed by atoms with Crippen LogP contribution in [0.15, 0.2) is 42.5 Å². The van der Waals surface area contributed by atoms with Gasteiger partial charge in [-0.25, -0.2) is 4.98 Å². The molecule has 1 heterocycles. The van der Waals surface area contributed by atoms with Gasteiger partial charge in [0, 0.05) is 17.3 Å². The molecule has 0 aliphatic rings. The number of hydrogen-bond donors (Lipinski definition) is 1. The maximum absolute atomic E-state index is 12.7. The van der Waals surface area contributed by atoms with Crippen molar-refractivity contribution in [3.63, 3.8) is 0 Å². The molecule has 1 aromatic heterocycles. The van der Waals surface area contributed by atoms with Crippen LogP contribution in [0.5, 0.6) is 17.2 Å². The van der Waals surface area contributed by atoms with E-state index < -0.39 is 0 Å². The summed E-state index contributed by atoms with van der Waals surface area (Å²) in [5.74, 6) is 1.76. The van der Waals surface area contributed by atoms with Crippen LogP contribution >= 0.6 is 11.3 Å². The third kappa shape index (κ3) is 4.26. The number of methoxy groups -OCH3 is 2. The van der Waals surface area contributed by atoms with Gasteiger partial charge in [0.25, 0.3) is 5.91 Å². The Morgan fingerprint density at radius 1 is 1.07 bits per heavy atom. The van der Waals surface area contributed by atoms with Crippen molar-refractivity contribution in [2.45, 2.75) is 13.8 Å². The first kappa shape index (κ1) is 19.7. The number of rotatable bonds is 7. The number of ether oxygens (including phenoxy) is 3. The standard InChI is InChI=1S/C21H22N2O4S/c1-5-27-16-9-6-14(7-10-16)21-22-13(2)19(28-21)20(24)23-15-8-11-17(25-3)18(12-15)26-4/h6-12H,5H2,1-4H3,(H,23,24).